The van der Waals surface area contributed by atoms with Gasteiger partial charge in [0, 0.05) is 18.5 Å². The maximum Gasteiger partial charge on any atom is 0.170 e. The number of hydrogen-bond donors (Lipinski definition) is 1. The summed E-state index contributed by atoms with van der Waals surface area (Å²) in [6, 6.07) is 0. The molecule has 11 heavy (non-hydrogen) atoms. The van der Waals surface area contributed by atoms with Crippen LogP contribution in [0.5, 0.6) is 0 Å². The zero-order valence-electron chi connectivity index (χ0n) is 7.22. The van der Waals surface area contributed by atoms with Crippen molar-refractivity contribution in [2.75, 3.05) is 6.54 Å². The molecule has 0 rings (SSSR count). The molecule has 3 nitrogen and oxygen atoms in total. The lowest BCUT2D eigenvalue weighted by Crippen LogP contribution is -2.11. The Morgan fingerprint density at radius 2 is 2.27 bits per heavy atom. The van der Waals surface area contributed by atoms with Crippen LogP contribution in [-0.4, -0.2) is 19.0 Å². The lowest BCUT2D eigenvalue weighted by Gasteiger charge is -2.02. The summed E-state index contributed by atoms with van der Waals surface area (Å²) in [5.41, 5.74) is 1.29. The van der Waals surface area contributed by atoms with E-state index in [0.29, 0.717) is 5.70 Å². The third kappa shape index (κ3) is 3.55. The standard InChI is InChI=1S/C8H14N2O/c1-4-9-7(3)8(6-11)10-5-2/h5-6,9H,4H2,1-3H3/b8-7+,10-5+. The second kappa shape index (κ2) is 5.65. The molecule has 0 aliphatic carbocycles. The normalized spacial score (nSPS) is 13.0. The number of hydrogen-bond acceptors (Lipinski definition) is 3. The van der Waals surface area contributed by atoms with Crippen molar-refractivity contribution in [1.82, 2.24) is 5.32 Å². The molecule has 0 saturated carbocycles. The van der Waals surface area contributed by atoms with Crippen molar-refractivity contribution >= 4 is 12.5 Å². The number of aliphatic imine (C=N–C) groups is 1. The van der Waals surface area contributed by atoms with Gasteiger partial charge in [-0.3, -0.25) is 9.79 Å². The second-order valence-corrected chi connectivity index (χ2v) is 2.05. The predicted octanol–water partition coefficient (Wildman–Crippen LogP) is 1.12. The van der Waals surface area contributed by atoms with Crippen molar-refractivity contribution in [2.45, 2.75) is 20.8 Å². The van der Waals surface area contributed by atoms with Gasteiger partial charge in [0.05, 0.1) is 0 Å². The topological polar surface area (TPSA) is 41.5 Å². The van der Waals surface area contributed by atoms with Gasteiger partial charge in [-0.15, -0.1) is 0 Å². The summed E-state index contributed by atoms with van der Waals surface area (Å²) in [5, 5.41) is 3.02. The molecular weight excluding hydrogens is 140 g/mol. The van der Waals surface area contributed by atoms with Crippen LogP contribution in [0.2, 0.25) is 0 Å². The van der Waals surface area contributed by atoms with Gasteiger partial charge < -0.3 is 5.32 Å². The highest BCUT2D eigenvalue weighted by molar-refractivity contribution is 5.77. The number of carbonyl (C=O) groups is 1. The Morgan fingerprint density at radius 1 is 1.64 bits per heavy atom. The van der Waals surface area contributed by atoms with E-state index in [4.69, 9.17) is 0 Å². The van der Waals surface area contributed by atoms with Gasteiger partial charge in [-0.2, -0.15) is 0 Å². The number of rotatable bonds is 4. The molecule has 0 fully saturated rings. The Kier molecular flexibility index (Phi) is 5.07. The van der Waals surface area contributed by atoms with Crippen LogP contribution in [0, 0.1) is 0 Å². The van der Waals surface area contributed by atoms with Gasteiger partial charge in [-0.05, 0) is 20.8 Å². The maximum absolute atomic E-state index is 10.4. The predicted molar refractivity (Wildman–Crippen MR) is 46.6 cm³/mol. The van der Waals surface area contributed by atoms with E-state index in [1.165, 1.54) is 0 Å². The van der Waals surface area contributed by atoms with Crippen LogP contribution in [0.25, 0.3) is 0 Å². The number of aldehydes is 1. The van der Waals surface area contributed by atoms with Crippen molar-refractivity contribution in [3.63, 3.8) is 0 Å². The van der Waals surface area contributed by atoms with E-state index >= 15 is 0 Å². The largest absolute Gasteiger partial charge is 0.387 e. The monoisotopic (exact) mass is 154 g/mol. The molecule has 0 saturated heterocycles. The van der Waals surface area contributed by atoms with E-state index in [0.717, 1.165) is 18.5 Å². The van der Waals surface area contributed by atoms with Crippen LogP contribution < -0.4 is 5.32 Å². The highest BCUT2D eigenvalue weighted by Crippen LogP contribution is 1.97. The van der Waals surface area contributed by atoms with E-state index in [9.17, 15) is 4.79 Å². The lowest BCUT2D eigenvalue weighted by atomic mass is 10.3. The van der Waals surface area contributed by atoms with Crippen molar-refractivity contribution < 1.29 is 4.79 Å². The average Bonchev–Trinajstić information content (AvgIpc) is 2.00. The number of nitrogens with zero attached hydrogens (tertiary/aromatic N) is 1. The van der Waals surface area contributed by atoms with E-state index in [-0.39, 0.29) is 0 Å². The Morgan fingerprint density at radius 3 is 2.64 bits per heavy atom. The Balaban J connectivity index is 4.39. The number of allylic oxidation sites excluding steroid dienone is 2. The first-order valence-corrected chi connectivity index (χ1v) is 3.64. The average molecular weight is 154 g/mol. The number of carbonyl (C=O) groups excluding carboxylic acids is 1. The van der Waals surface area contributed by atoms with Crippen LogP contribution in [-0.2, 0) is 4.79 Å². The van der Waals surface area contributed by atoms with E-state index < -0.39 is 0 Å². The minimum atomic E-state index is 0.467. The highest BCUT2D eigenvalue weighted by Gasteiger charge is 1.95. The van der Waals surface area contributed by atoms with E-state index in [1.54, 1.807) is 13.1 Å². The third-order valence-electron chi connectivity index (χ3n) is 1.21. The smallest absolute Gasteiger partial charge is 0.170 e. The van der Waals surface area contributed by atoms with Crippen LogP contribution in [0.4, 0.5) is 0 Å². The molecule has 1 N–H and O–H groups in total. The molecule has 0 amide bonds. The molecule has 0 aromatic rings. The van der Waals surface area contributed by atoms with Gasteiger partial charge in [-0.1, -0.05) is 0 Å². The molecule has 62 valence electrons. The first kappa shape index (κ1) is 9.88. The van der Waals surface area contributed by atoms with Crippen molar-refractivity contribution in [3.05, 3.63) is 11.4 Å². The van der Waals surface area contributed by atoms with Crippen LogP contribution in [0.15, 0.2) is 16.4 Å². The first-order valence-electron chi connectivity index (χ1n) is 3.64. The molecule has 0 heterocycles. The minimum absolute atomic E-state index is 0.467. The SMILES string of the molecule is C/C=N/C(C=O)=C(\C)NCC. The Labute approximate surface area is 67.2 Å². The second-order valence-electron chi connectivity index (χ2n) is 2.05. The van der Waals surface area contributed by atoms with Crippen molar-refractivity contribution in [1.29, 1.82) is 0 Å². The van der Waals surface area contributed by atoms with Gasteiger partial charge in [0.15, 0.2) is 6.29 Å². The zero-order chi connectivity index (χ0) is 8.69. The van der Waals surface area contributed by atoms with Gasteiger partial charge in [0.25, 0.3) is 0 Å². The fraction of sp³-hybridized carbons (Fsp3) is 0.500. The number of nitrogens with one attached hydrogen (secondary N) is 1. The van der Waals surface area contributed by atoms with Crippen molar-refractivity contribution in [2.24, 2.45) is 4.99 Å². The fourth-order valence-corrected chi connectivity index (χ4v) is 0.710. The minimum Gasteiger partial charge on any atom is -0.387 e. The van der Waals surface area contributed by atoms with Gasteiger partial charge in [0.2, 0.25) is 0 Å². The molecular formula is C8H14N2O. The fourth-order valence-electron chi connectivity index (χ4n) is 0.710. The summed E-state index contributed by atoms with van der Waals surface area (Å²) in [6.07, 6.45) is 2.35. The van der Waals surface area contributed by atoms with Gasteiger partial charge in [0.1, 0.15) is 5.70 Å². The molecule has 0 bridgehead atoms. The maximum atomic E-state index is 10.4. The molecule has 0 spiro atoms. The highest BCUT2D eigenvalue weighted by atomic mass is 16.1. The molecule has 0 atom stereocenters. The van der Waals surface area contributed by atoms with Gasteiger partial charge >= 0.3 is 0 Å². The molecule has 0 aliphatic heterocycles. The third-order valence-corrected chi connectivity index (χ3v) is 1.21. The summed E-state index contributed by atoms with van der Waals surface area (Å²) < 4.78 is 0. The molecule has 0 aromatic carbocycles. The summed E-state index contributed by atoms with van der Waals surface area (Å²) in [5.74, 6) is 0. The van der Waals surface area contributed by atoms with E-state index in [2.05, 4.69) is 10.3 Å². The molecule has 3 heteroatoms. The van der Waals surface area contributed by atoms with Crippen LogP contribution in [0.3, 0.4) is 0 Å². The molecule has 0 unspecified atom stereocenters. The summed E-state index contributed by atoms with van der Waals surface area (Å²) in [7, 11) is 0. The van der Waals surface area contributed by atoms with Gasteiger partial charge in [-0.25, -0.2) is 0 Å². The summed E-state index contributed by atoms with van der Waals surface area (Å²) >= 11 is 0. The molecule has 0 aromatic heterocycles. The Hall–Kier alpha value is -1.12. The molecule has 0 radical (unpaired) electrons. The van der Waals surface area contributed by atoms with Crippen LogP contribution >= 0.6 is 0 Å². The lowest BCUT2D eigenvalue weighted by molar-refractivity contribution is -0.105. The van der Waals surface area contributed by atoms with Crippen molar-refractivity contribution in [3.8, 4) is 0 Å². The first-order chi connectivity index (χ1) is 5.26. The molecule has 0 aliphatic rings. The van der Waals surface area contributed by atoms with Crippen LogP contribution in [0.1, 0.15) is 20.8 Å². The summed E-state index contributed by atoms with van der Waals surface area (Å²) in [4.78, 5) is 14.3. The Bertz CT molecular complexity index is 183. The summed E-state index contributed by atoms with van der Waals surface area (Å²) in [6.45, 7) is 6.40. The van der Waals surface area contributed by atoms with E-state index in [1.807, 2.05) is 13.8 Å². The quantitative estimate of drug-likeness (QED) is 0.374. The zero-order valence-corrected chi connectivity index (χ0v) is 7.22.